The molecule has 80 valence electrons. The zero-order valence-electron chi connectivity index (χ0n) is 6.65. The lowest BCUT2D eigenvalue weighted by Gasteiger charge is -1.85. The fraction of sp³-hybridized carbons (Fsp3) is 0. The molecule has 0 bridgehead atoms. The molecule has 0 aliphatic heterocycles. The molecule has 0 spiro atoms. The van der Waals surface area contributed by atoms with Gasteiger partial charge in [-0.2, -0.15) is 0 Å². The van der Waals surface area contributed by atoms with Crippen molar-refractivity contribution < 1.29 is 19.2 Å². The molecular formula is C4HN3O7S. The van der Waals surface area contributed by atoms with Crippen LogP contribution in [-0.4, -0.2) is 14.8 Å². The molecule has 10 nitrogen and oxygen atoms in total. The van der Waals surface area contributed by atoms with Crippen molar-refractivity contribution in [2.45, 2.75) is 5.09 Å². The van der Waals surface area contributed by atoms with E-state index in [-0.39, 0.29) is 0 Å². The molecule has 0 aliphatic carbocycles. The third kappa shape index (κ3) is 1.71. The van der Waals surface area contributed by atoms with Crippen LogP contribution in [0.1, 0.15) is 0 Å². The van der Waals surface area contributed by atoms with Gasteiger partial charge in [0.05, 0.1) is 9.85 Å². The van der Waals surface area contributed by atoms with Crippen LogP contribution in [0.2, 0.25) is 0 Å². The Balaban J connectivity index is 3.59. The van der Waals surface area contributed by atoms with E-state index in [1.165, 1.54) is 0 Å². The minimum absolute atomic E-state index is 0.779. The maximum absolute atomic E-state index is 10.4. The van der Waals surface area contributed by atoms with Crippen molar-refractivity contribution in [2.24, 2.45) is 0 Å². The average molecular weight is 235 g/mol. The number of furan rings is 1. The number of nitrogens with zero attached hydrogens (tertiary/aromatic N) is 3. The molecule has 0 amide bonds. The van der Waals surface area contributed by atoms with Gasteiger partial charge >= 0.3 is 17.3 Å². The molecule has 11 heteroatoms. The van der Waals surface area contributed by atoms with Crippen molar-refractivity contribution in [3.8, 4) is 0 Å². The van der Waals surface area contributed by atoms with E-state index in [1.807, 2.05) is 0 Å². The smallest absolute Gasteiger partial charge is 0.381 e. The summed E-state index contributed by atoms with van der Waals surface area (Å²) in [4.78, 5) is 27.3. The number of hydrogen-bond acceptors (Lipinski definition) is 8. The van der Waals surface area contributed by atoms with Crippen LogP contribution in [-0.2, 0) is 0 Å². The quantitative estimate of drug-likeness (QED) is 0.472. The van der Waals surface area contributed by atoms with E-state index in [4.69, 9.17) is 0 Å². The lowest BCUT2D eigenvalue weighted by Crippen LogP contribution is -1.96. The summed E-state index contributed by atoms with van der Waals surface area (Å²) < 4.78 is 4.21. The van der Waals surface area contributed by atoms with Crippen molar-refractivity contribution >= 4 is 29.9 Å². The van der Waals surface area contributed by atoms with Gasteiger partial charge in [0.25, 0.3) is 0 Å². The summed E-state index contributed by atoms with van der Waals surface area (Å²) in [6, 6.07) is 0. The summed E-state index contributed by atoms with van der Waals surface area (Å²) >= 11 is 3.40. The fourth-order valence-corrected chi connectivity index (χ4v) is 1.12. The molecule has 15 heavy (non-hydrogen) atoms. The highest BCUT2D eigenvalue weighted by atomic mass is 32.1. The van der Waals surface area contributed by atoms with E-state index < -0.39 is 37.1 Å². The van der Waals surface area contributed by atoms with Gasteiger partial charge in [-0.25, -0.2) is 0 Å². The van der Waals surface area contributed by atoms with Gasteiger partial charge in [-0.05, 0) is 0 Å². The lowest BCUT2D eigenvalue weighted by atomic mass is 10.4. The normalized spacial score (nSPS) is 9.93. The molecule has 1 aromatic rings. The maximum atomic E-state index is 10.4. The van der Waals surface area contributed by atoms with Crippen LogP contribution in [0.15, 0.2) is 9.51 Å². The average Bonchev–Trinajstić information content (AvgIpc) is 2.42. The predicted octanol–water partition coefficient (Wildman–Crippen LogP) is 1.29. The van der Waals surface area contributed by atoms with E-state index in [1.54, 1.807) is 0 Å². The van der Waals surface area contributed by atoms with Gasteiger partial charge in [-0.1, -0.05) is 12.6 Å². The van der Waals surface area contributed by atoms with Gasteiger partial charge in [0.15, 0.2) is 0 Å². The van der Waals surface area contributed by atoms with E-state index in [2.05, 4.69) is 17.0 Å². The van der Waals surface area contributed by atoms with Gasteiger partial charge in [0.1, 0.15) is 4.92 Å². The van der Waals surface area contributed by atoms with Crippen molar-refractivity contribution in [1.82, 2.24) is 0 Å². The number of thiol groups is 1. The Morgan fingerprint density at radius 1 is 0.933 bits per heavy atom. The second-order valence-electron chi connectivity index (χ2n) is 2.18. The summed E-state index contributed by atoms with van der Waals surface area (Å²) in [5.74, 6) is -1.31. The molecule has 0 unspecified atom stereocenters. The van der Waals surface area contributed by atoms with Crippen LogP contribution in [0, 0.1) is 30.3 Å². The monoisotopic (exact) mass is 235 g/mol. The topological polar surface area (TPSA) is 143 Å². The summed E-state index contributed by atoms with van der Waals surface area (Å²) in [7, 11) is 0. The Hall–Kier alpha value is -2.17. The lowest BCUT2D eigenvalue weighted by molar-refractivity contribution is -0.444. The third-order valence-corrected chi connectivity index (χ3v) is 1.66. The first-order valence-corrected chi connectivity index (χ1v) is 3.60. The van der Waals surface area contributed by atoms with Crippen LogP contribution in [0.4, 0.5) is 17.3 Å². The Morgan fingerprint density at radius 2 is 1.40 bits per heavy atom. The molecule has 0 fully saturated rings. The second kappa shape index (κ2) is 3.53. The molecule has 1 rings (SSSR count). The zero-order chi connectivity index (χ0) is 11.7. The molecule has 0 aliphatic rings. The largest absolute Gasteiger partial charge is 0.520 e. The van der Waals surface area contributed by atoms with E-state index in [0.717, 1.165) is 0 Å². The van der Waals surface area contributed by atoms with Crippen molar-refractivity contribution in [2.75, 3.05) is 0 Å². The molecule has 0 saturated carbocycles. The minimum atomic E-state index is -1.31. The summed E-state index contributed by atoms with van der Waals surface area (Å²) in [6.45, 7) is 0. The van der Waals surface area contributed by atoms with E-state index >= 15 is 0 Å². The molecule has 1 aromatic heterocycles. The Morgan fingerprint density at radius 3 is 1.73 bits per heavy atom. The van der Waals surface area contributed by atoms with E-state index in [0.29, 0.717) is 0 Å². The fourth-order valence-electron chi connectivity index (χ4n) is 0.844. The molecule has 0 atom stereocenters. The minimum Gasteiger partial charge on any atom is -0.381 e. The van der Waals surface area contributed by atoms with Crippen LogP contribution in [0.3, 0.4) is 0 Å². The van der Waals surface area contributed by atoms with Gasteiger partial charge in [-0.3, -0.25) is 30.3 Å². The molecule has 0 N–H and O–H groups in total. The van der Waals surface area contributed by atoms with Crippen LogP contribution in [0.25, 0.3) is 0 Å². The predicted molar refractivity (Wildman–Crippen MR) is 45.9 cm³/mol. The van der Waals surface area contributed by atoms with Gasteiger partial charge in [0, 0.05) is 0 Å². The van der Waals surface area contributed by atoms with Gasteiger partial charge < -0.3 is 4.42 Å². The maximum Gasteiger partial charge on any atom is 0.520 e. The number of rotatable bonds is 3. The molecule has 0 radical (unpaired) electrons. The molecule has 0 aromatic carbocycles. The summed E-state index contributed by atoms with van der Waals surface area (Å²) in [5.41, 5.74) is -2.44. The highest BCUT2D eigenvalue weighted by molar-refractivity contribution is 7.80. The first-order valence-electron chi connectivity index (χ1n) is 3.15. The number of nitro groups is 3. The Kier molecular flexibility index (Phi) is 2.57. The van der Waals surface area contributed by atoms with Gasteiger partial charge in [-0.15, -0.1) is 0 Å². The summed E-state index contributed by atoms with van der Waals surface area (Å²) in [6.07, 6.45) is 0. The highest BCUT2D eigenvalue weighted by Crippen LogP contribution is 2.43. The Labute approximate surface area is 85.3 Å². The van der Waals surface area contributed by atoms with Crippen LogP contribution < -0.4 is 0 Å². The molecule has 1 heterocycles. The van der Waals surface area contributed by atoms with Crippen molar-refractivity contribution in [3.63, 3.8) is 0 Å². The van der Waals surface area contributed by atoms with Crippen molar-refractivity contribution in [1.29, 1.82) is 0 Å². The molecule has 0 saturated heterocycles. The Bertz CT molecular complexity index is 465. The van der Waals surface area contributed by atoms with E-state index in [9.17, 15) is 30.3 Å². The van der Waals surface area contributed by atoms with Crippen LogP contribution >= 0.6 is 12.6 Å². The van der Waals surface area contributed by atoms with Gasteiger partial charge in [0.2, 0.25) is 5.09 Å². The van der Waals surface area contributed by atoms with Crippen LogP contribution in [0.5, 0.6) is 0 Å². The SMILES string of the molecule is O=[N+]([O-])c1oc(S)c([N+](=O)[O-])c1[N+](=O)[O-]. The van der Waals surface area contributed by atoms with Crippen molar-refractivity contribution in [3.05, 3.63) is 30.3 Å². The third-order valence-electron chi connectivity index (χ3n) is 1.35. The first-order chi connectivity index (χ1) is 6.86. The highest BCUT2D eigenvalue weighted by Gasteiger charge is 2.45. The number of hydrogen-bond donors (Lipinski definition) is 1. The second-order valence-corrected chi connectivity index (χ2v) is 2.59. The zero-order valence-corrected chi connectivity index (χ0v) is 7.54. The molecular weight excluding hydrogens is 234 g/mol. The standard InChI is InChI=1S/C4HN3O7S/c8-5(9)1-2(6(10)11)4(15)14-3(1)7(12)13/h15H. The summed E-state index contributed by atoms with van der Waals surface area (Å²) in [5, 5.41) is 30.2. The first kappa shape index (κ1) is 10.9.